The first kappa shape index (κ1) is 12.1. The van der Waals surface area contributed by atoms with Gasteiger partial charge in [0.2, 0.25) is 0 Å². The monoisotopic (exact) mass is 270 g/mol. The Morgan fingerprint density at radius 3 is 2.75 bits per heavy atom. The van der Waals surface area contributed by atoms with Crippen LogP contribution in [-0.2, 0) is 6.54 Å². The third kappa shape index (κ3) is 2.16. The highest BCUT2D eigenvalue weighted by Crippen LogP contribution is 1.99. The van der Waals surface area contributed by atoms with Crippen molar-refractivity contribution in [2.24, 2.45) is 0 Å². The minimum absolute atomic E-state index is 0.121. The number of aromatic amines is 1. The van der Waals surface area contributed by atoms with E-state index in [0.717, 1.165) is 0 Å². The fourth-order valence-electron chi connectivity index (χ4n) is 1.93. The van der Waals surface area contributed by atoms with Crippen LogP contribution in [-0.4, -0.2) is 18.9 Å². The lowest BCUT2D eigenvalue weighted by atomic mass is 10.3. The Morgan fingerprint density at radius 1 is 1.10 bits per heavy atom. The molecule has 3 heterocycles. The van der Waals surface area contributed by atoms with Crippen molar-refractivity contribution in [3.8, 4) is 0 Å². The van der Waals surface area contributed by atoms with Crippen LogP contribution in [0, 0.1) is 0 Å². The van der Waals surface area contributed by atoms with E-state index in [4.69, 9.17) is 0 Å². The SMILES string of the molecule is O=c1ccn(Cc2cc(=O)n3ccccc3n2)c(=O)[nH]1. The van der Waals surface area contributed by atoms with Crippen molar-refractivity contribution in [3.05, 3.63) is 79.6 Å². The molecule has 20 heavy (non-hydrogen) atoms. The summed E-state index contributed by atoms with van der Waals surface area (Å²) in [6, 6.07) is 7.83. The number of nitrogens with one attached hydrogen (secondary N) is 1. The second kappa shape index (κ2) is 4.61. The summed E-state index contributed by atoms with van der Waals surface area (Å²) in [5, 5.41) is 0. The molecule has 0 aliphatic heterocycles. The fourth-order valence-corrected chi connectivity index (χ4v) is 1.93. The first-order valence-corrected chi connectivity index (χ1v) is 5.90. The smallest absolute Gasteiger partial charge is 0.295 e. The van der Waals surface area contributed by atoms with Crippen molar-refractivity contribution in [1.29, 1.82) is 0 Å². The minimum atomic E-state index is -0.535. The Bertz CT molecular complexity index is 952. The molecule has 7 heteroatoms. The van der Waals surface area contributed by atoms with E-state index >= 15 is 0 Å². The lowest BCUT2D eigenvalue weighted by molar-refractivity contribution is 0.703. The van der Waals surface area contributed by atoms with Gasteiger partial charge in [0.1, 0.15) is 5.65 Å². The van der Waals surface area contributed by atoms with Crippen molar-refractivity contribution < 1.29 is 0 Å². The third-order valence-electron chi connectivity index (χ3n) is 2.85. The number of rotatable bonds is 2. The zero-order valence-corrected chi connectivity index (χ0v) is 10.3. The van der Waals surface area contributed by atoms with Crippen LogP contribution in [0.3, 0.4) is 0 Å². The zero-order chi connectivity index (χ0) is 14.1. The second-order valence-corrected chi connectivity index (χ2v) is 4.25. The lowest BCUT2D eigenvalue weighted by Gasteiger charge is -2.05. The molecule has 0 bridgehead atoms. The molecule has 0 aliphatic carbocycles. The standard InChI is InChI=1S/C13H10N4O3/c18-11-4-6-16(13(20)15-11)8-9-7-12(19)17-5-2-1-3-10(17)14-9/h1-7H,8H2,(H,15,18,20). The van der Waals surface area contributed by atoms with E-state index in [0.29, 0.717) is 11.3 Å². The predicted molar refractivity (Wildman–Crippen MR) is 71.9 cm³/mol. The molecule has 0 fully saturated rings. The molecule has 0 spiro atoms. The van der Waals surface area contributed by atoms with Gasteiger partial charge in [-0.1, -0.05) is 6.07 Å². The van der Waals surface area contributed by atoms with Gasteiger partial charge in [0.05, 0.1) is 12.2 Å². The number of pyridine rings is 1. The van der Waals surface area contributed by atoms with E-state index in [9.17, 15) is 14.4 Å². The van der Waals surface area contributed by atoms with Crippen LogP contribution < -0.4 is 16.8 Å². The normalized spacial score (nSPS) is 10.8. The summed E-state index contributed by atoms with van der Waals surface area (Å²) in [5.74, 6) is 0. The van der Waals surface area contributed by atoms with Crippen molar-refractivity contribution in [2.75, 3.05) is 0 Å². The Morgan fingerprint density at radius 2 is 1.95 bits per heavy atom. The van der Waals surface area contributed by atoms with Crippen molar-refractivity contribution in [1.82, 2.24) is 18.9 Å². The topological polar surface area (TPSA) is 89.2 Å². The van der Waals surface area contributed by atoms with Gasteiger partial charge in [0.15, 0.2) is 0 Å². The van der Waals surface area contributed by atoms with E-state index in [2.05, 4.69) is 9.97 Å². The Hall–Kier alpha value is -2.96. The summed E-state index contributed by atoms with van der Waals surface area (Å²) in [4.78, 5) is 40.9. The van der Waals surface area contributed by atoms with Crippen molar-refractivity contribution in [2.45, 2.75) is 6.54 Å². The van der Waals surface area contributed by atoms with Gasteiger partial charge in [-0.05, 0) is 12.1 Å². The average molecular weight is 270 g/mol. The predicted octanol–water partition coefficient (Wildman–Crippen LogP) is -0.407. The molecular weight excluding hydrogens is 260 g/mol. The number of aromatic nitrogens is 4. The highest BCUT2D eigenvalue weighted by Gasteiger charge is 2.04. The molecule has 0 amide bonds. The molecule has 3 aromatic heterocycles. The quantitative estimate of drug-likeness (QED) is 0.685. The summed E-state index contributed by atoms with van der Waals surface area (Å²) in [7, 11) is 0. The van der Waals surface area contributed by atoms with E-state index in [1.807, 2.05) is 0 Å². The second-order valence-electron chi connectivity index (χ2n) is 4.25. The van der Waals surface area contributed by atoms with Crippen LogP contribution in [0.4, 0.5) is 0 Å². The van der Waals surface area contributed by atoms with Crippen LogP contribution in [0.15, 0.2) is 57.1 Å². The highest BCUT2D eigenvalue weighted by molar-refractivity contribution is 5.38. The van der Waals surface area contributed by atoms with Gasteiger partial charge < -0.3 is 0 Å². The fraction of sp³-hybridized carbons (Fsp3) is 0.0769. The number of hydrogen-bond acceptors (Lipinski definition) is 4. The summed E-state index contributed by atoms with van der Waals surface area (Å²) in [6.07, 6.45) is 3.00. The lowest BCUT2D eigenvalue weighted by Crippen LogP contribution is -2.29. The van der Waals surface area contributed by atoms with Crippen LogP contribution >= 0.6 is 0 Å². The maximum atomic E-state index is 11.9. The molecule has 100 valence electrons. The van der Waals surface area contributed by atoms with Gasteiger partial charge in [-0.3, -0.25) is 23.5 Å². The number of nitrogens with zero attached hydrogens (tertiary/aromatic N) is 3. The van der Waals surface area contributed by atoms with E-state index in [-0.39, 0.29) is 12.1 Å². The molecule has 7 nitrogen and oxygen atoms in total. The molecule has 0 radical (unpaired) electrons. The Kier molecular flexibility index (Phi) is 2.79. The van der Waals surface area contributed by atoms with Gasteiger partial charge in [-0.2, -0.15) is 0 Å². The molecule has 1 N–H and O–H groups in total. The zero-order valence-electron chi connectivity index (χ0n) is 10.3. The van der Waals surface area contributed by atoms with E-state index in [1.54, 1.807) is 24.4 Å². The Balaban J connectivity index is 2.09. The summed E-state index contributed by atoms with van der Waals surface area (Å²) < 4.78 is 2.70. The molecule has 3 rings (SSSR count). The third-order valence-corrected chi connectivity index (χ3v) is 2.85. The van der Waals surface area contributed by atoms with Crippen LogP contribution in [0.1, 0.15) is 5.69 Å². The average Bonchev–Trinajstić information content (AvgIpc) is 2.42. The number of H-pyrrole nitrogens is 1. The summed E-state index contributed by atoms with van der Waals surface area (Å²) in [5.41, 5.74) is -0.253. The van der Waals surface area contributed by atoms with Gasteiger partial charge in [0.25, 0.3) is 11.1 Å². The van der Waals surface area contributed by atoms with Gasteiger partial charge in [0, 0.05) is 24.5 Å². The van der Waals surface area contributed by atoms with Crippen molar-refractivity contribution >= 4 is 5.65 Å². The summed E-state index contributed by atoms with van der Waals surface area (Å²) in [6.45, 7) is 0.121. The first-order chi connectivity index (χ1) is 9.63. The molecule has 0 atom stereocenters. The van der Waals surface area contributed by atoms with Crippen molar-refractivity contribution in [3.63, 3.8) is 0 Å². The maximum absolute atomic E-state index is 11.9. The van der Waals surface area contributed by atoms with Crippen LogP contribution in [0.25, 0.3) is 5.65 Å². The maximum Gasteiger partial charge on any atom is 0.328 e. The van der Waals surface area contributed by atoms with Gasteiger partial charge in [-0.15, -0.1) is 0 Å². The van der Waals surface area contributed by atoms with Gasteiger partial charge >= 0.3 is 5.69 Å². The summed E-state index contributed by atoms with van der Waals surface area (Å²) >= 11 is 0. The first-order valence-electron chi connectivity index (χ1n) is 5.90. The molecule has 3 aromatic rings. The molecular formula is C13H10N4O3. The molecule has 0 unspecified atom stereocenters. The minimum Gasteiger partial charge on any atom is -0.295 e. The van der Waals surface area contributed by atoms with Crippen LogP contribution in [0.2, 0.25) is 0 Å². The highest BCUT2D eigenvalue weighted by atomic mass is 16.2. The van der Waals surface area contributed by atoms with E-state index in [1.165, 1.54) is 27.3 Å². The van der Waals surface area contributed by atoms with Crippen LogP contribution in [0.5, 0.6) is 0 Å². The molecule has 0 saturated carbocycles. The largest absolute Gasteiger partial charge is 0.328 e. The van der Waals surface area contributed by atoms with E-state index < -0.39 is 11.2 Å². The Labute approximate surface area is 111 Å². The molecule has 0 aliphatic rings. The number of hydrogen-bond donors (Lipinski definition) is 1. The number of fused-ring (bicyclic) bond motifs is 1. The molecule has 0 saturated heterocycles. The molecule has 0 aromatic carbocycles. The van der Waals surface area contributed by atoms with Gasteiger partial charge in [-0.25, -0.2) is 9.78 Å².